The first-order chi connectivity index (χ1) is 14.0. The van der Waals surface area contributed by atoms with Crippen molar-refractivity contribution in [3.63, 3.8) is 0 Å². The third-order valence-electron chi connectivity index (χ3n) is 3.71. The molecule has 0 saturated heterocycles. The van der Waals surface area contributed by atoms with Crippen LogP contribution in [0.15, 0.2) is 54.6 Å². The molecule has 1 atom stereocenters. The maximum Gasteiger partial charge on any atom is 0.534 e. The van der Waals surface area contributed by atoms with Crippen molar-refractivity contribution in [1.29, 1.82) is 0 Å². The van der Waals surface area contributed by atoms with Gasteiger partial charge in [0.1, 0.15) is 18.4 Å². The number of ether oxygens (including phenoxy) is 1. The summed E-state index contributed by atoms with van der Waals surface area (Å²) in [7, 11) is -5.83. The van der Waals surface area contributed by atoms with Crippen molar-refractivity contribution < 1.29 is 40.1 Å². The summed E-state index contributed by atoms with van der Waals surface area (Å²) >= 11 is 0. The largest absolute Gasteiger partial charge is 0.534 e. The summed E-state index contributed by atoms with van der Waals surface area (Å²) in [6.07, 6.45) is -0.156. The molecule has 0 aliphatic heterocycles. The van der Waals surface area contributed by atoms with Crippen LogP contribution in [0.3, 0.4) is 0 Å². The average Bonchev–Trinajstić information content (AvgIpc) is 2.65. The highest BCUT2D eigenvalue weighted by Crippen LogP contribution is 2.27. The minimum absolute atomic E-state index is 0.0390. The Kier molecular flexibility index (Phi) is 7.43. The van der Waals surface area contributed by atoms with Gasteiger partial charge in [0, 0.05) is 13.3 Å². The van der Waals surface area contributed by atoms with E-state index >= 15 is 0 Å². The molecule has 0 bridgehead atoms. The van der Waals surface area contributed by atoms with E-state index in [0.29, 0.717) is 0 Å². The number of carbonyl (C=O) groups is 2. The monoisotopic (exact) mass is 445 g/mol. The van der Waals surface area contributed by atoms with Crippen LogP contribution in [0.4, 0.5) is 13.2 Å². The minimum atomic E-state index is -5.83. The third kappa shape index (κ3) is 6.76. The summed E-state index contributed by atoms with van der Waals surface area (Å²) in [5.74, 6) is -1.86. The second-order valence-corrected chi connectivity index (χ2v) is 7.72. The van der Waals surface area contributed by atoms with Crippen molar-refractivity contribution in [2.24, 2.45) is 0 Å². The van der Waals surface area contributed by atoms with Gasteiger partial charge >= 0.3 is 21.6 Å². The molecule has 0 spiro atoms. The Morgan fingerprint density at radius 3 is 2.27 bits per heavy atom. The summed E-state index contributed by atoms with van der Waals surface area (Å²) in [6.45, 7) is 1.15. The van der Waals surface area contributed by atoms with E-state index in [2.05, 4.69) is 9.50 Å². The molecule has 0 fully saturated rings. The van der Waals surface area contributed by atoms with Crippen LogP contribution in [-0.4, -0.2) is 31.8 Å². The number of carbonyl (C=O) groups excluding carboxylic acids is 2. The Morgan fingerprint density at radius 2 is 1.67 bits per heavy atom. The van der Waals surface area contributed by atoms with Gasteiger partial charge in [0.15, 0.2) is 0 Å². The summed E-state index contributed by atoms with van der Waals surface area (Å²) < 4.78 is 69.0. The van der Waals surface area contributed by atoms with Crippen molar-refractivity contribution in [1.82, 2.24) is 5.32 Å². The van der Waals surface area contributed by atoms with E-state index in [1.807, 2.05) is 0 Å². The van der Waals surface area contributed by atoms with Crippen molar-refractivity contribution in [3.05, 3.63) is 65.7 Å². The lowest BCUT2D eigenvalue weighted by Gasteiger charge is -2.17. The van der Waals surface area contributed by atoms with Crippen molar-refractivity contribution in [3.8, 4) is 5.75 Å². The first-order valence-electron chi connectivity index (χ1n) is 8.55. The highest BCUT2D eigenvalue weighted by Gasteiger charge is 2.48. The summed E-state index contributed by atoms with van der Waals surface area (Å²) in [5.41, 5.74) is -4.61. The maximum atomic E-state index is 12.5. The van der Waals surface area contributed by atoms with E-state index in [9.17, 15) is 31.2 Å². The second kappa shape index (κ2) is 9.61. The van der Waals surface area contributed by atoms with Crippen LogP contribution >= 0.6 is 0 Å². The van der Waals surface area contributed by atoms with Crippen LogP contribution in [0.25, 0.3) is 0 Å². The smallest absolute Gasteiger partial charge is 0.459 e. The van der Waals surface area contributed by atoms with Gasteiger partial charge < -0.3 is 14.2 Å². The molecule has 2 aromatic carbocycles. The summed E-state index contributed by atoms with van der Waals surface area (Å²) in [5, 5.41) is 2.40. The van der Waals surface area contributed by atoms with Crippen LogP contribution < -0.4 is 9.50 Å². The number of nitrogens with one attached hydrogen (secondary N) is 1. The molecule has 0 saturated carbocycles. The number of alkyl halides is 3. The molecular formula is C19H18F3NO6S. The highest BCUT2D eigenvalue weighted by molar-refractivity contribution is 7.88. The predicted octanol–water partition coefficient (Wildman–Crippen LogP) is 2.71. The molecule has 1 amide bonds. The molecule has 2 rings (SSSR count). The molecule has 2 aromatic rings. The van der Waals surface area contributed by atoms with Gasteiger partial charge in [-0.3, -0.25) is 4.79 Å². The molecule has 0 aliphatic rings. The Labute approximate surface area is 170 Å². The minimum Gasteiger partial charge on any atom is -0.459 e. The summed E-state index contributed by atoms with van der Waals surface area (Å²) in [4.78, 5) is 23.8. The lowest BCUT2D eigenvalue weighted by molar-refractivity contribution is -0.149. The SMILES string of the molecule is CC(=O)NC(Cc1cccc(OS(=O)(=O)C(F)(F)F)c1)C(=O)OCc1ccccc1. The number of halogens is 3. The van der Waals surface area contributed by atoms with Crippen molar-refractivity contribution in [2.75, 3.05) is 0 Å². The predicted molar refractivity (Wildman–Crippen MR) is 99.6 cm³/mol. The normalized spacial score (nSPS) is 12.7. The van der Waals surface area contributed by atoms with Gasteiger partial charge in [-0.2, -0.15) is 21.6 Å². The average molecular weight is 445 g/mol. The van der Waals surface area contributed by atoms with E-state index in [1.54, 1.807) is 30.3 Å². The standard InChI is InChI=1S/C19H18F3NO6S/c1-13(24)23-17(18(25)28-12-14-6-3-2-4-7-14)11-15-8-5-9-16(10-15)29-30(26,27)19(20,21)22/h2-10,17H,11-12H2,1H3,(H,23,24). The first kappa shape index (κ1) is 23.2. The first-order valence-corrected chi connectivity index (χ1v) is 9.96. The summed E-state index contributed by atoms with van der Waals surface area (Å²) in [6, 6.07) is 12.4. The van der Waals surface area contributed by atoms with Gasteiger partial charge in [-0.25, -0.2) is 4.79 Å². The fourth-order valence-corrected chi connectivity index (χ4v) is 2.85. The molecular weight excluding hydrogens is 427 g/mol. The zero-order chi connectivity index (χ0) is 22.4. The quantitative estimate of drug-likeness (QED) is 0.381. The van der Waals surface area contributed by atoms with E-state index in [-0.39, 0.29) is 18.6 Å². The molecule has 0 radical (unpaired) electrons. The van der Waals surface area contributed by atoms with E-state index in [4.69, 9.17) is 4.74 Å². The highest BCUT2D eigenvalue weighted by atomic mass is 32.2. The van der Waals surface area contributed by atoms with Crippen LogP contribution in [0, 0.1) is 0 Å². The van der Waals surface area contributed by atoms with Gasteiger partial charge in [0.2, 0.25) is 5.91 Å². The Balaban J connectivity index is 2.12. The number of benzene rings is 2. The van der Waals surface area contributed by atoms with E-state index in [0.717, 1.165) is 17.7 Å². The zero-order valence-corrected chi connectivity index (χ0v) is 16.5. The van der Waals surface area contributed by atoms with Gasteiger partial charge in [0.05, 0.1) is 0 Å². The topological polar surface area (TPSA) is 98.8 Å². The van der Waals surface area contributed by atoms with Gasteiger partial charge in [-0.1, -0.05) is 42.5 Å². The van der Waals surface area contributed by atoms with Gasteiger partial charge in [0.25, 0.3) is 0 Å². The number of esters is 1. The van der Waals surface area contributed by atoms with E-state index in [1.165, 1.54) is 19.1 Å². The van der Waals surface area contributed by atoms with Crippen LogP contribution in [0.1, 0.15) is 18.1 Å². The molecule has 162 valence electrons. The van der Waals surface area contributed by atoms with Crippen LogP contribution in [0.2, 0.25) is 0 Å². The number of amides is 1. The second-order valence-electron chi connectivity index (χ2n) is 6.18. The van der Waals surface area contributed by atoms with Crippen molar-refractivity contribution >= 4 is 22.0 Å². The number of hydrogen-bond acceptors (Lipinski definition) is 6. The molecule has 1 N–H and O–H groups in total. The maximum absolute atomic E-state index is 12.5. The Bertz CT molecular complexity index is 993. The third-order valence-corrected chi connectivity index (χ3v) is 4.69. The molecule has 7 nitrogen and oxygen atoms in total. The van der Waals surface area contributed by atoms with Gasteiger partial charge in [-0.05, 0) is 23.3 Å². The lowest BCUT2D eigenvalue weighted by atomic mass is 10.1. The number of rotatable bonds is 8. The molecule has 1 unspecified atom stereocenters. The zero-order valence-electron chi connectivity index (χ0n) is 15.7. The molecule has 30 heavy (non-hydrogen) atoms. The Hall–Kier alpha value is -3.08. The number of hydrogen-bond donors (Lipinski definition) is 1. The fraction of sp³-hybridized carbons (Fsp3) is 0.263. The van der Waals surface area contributed by atoms with Crippen LogP contribution in [-0.2, 0) is 37.5 Å². The van der Waals surface area contributed by atoms with Crippen LogP contribution in [0.5, 0.6) is 5.75 Å². The molecule has 0 aliphatic carbocycles. The Morgan fingerprint density at radius 1 is 1.03 bits per heavy atom. The van der Waals surface area contributed by atoms with Crippen molar-refractivity contribution in [2.45, 2.75) is 31.5 Å². The molecule has 0 aromatic heterocycles. The van der Waals surface area contributed by atoms with Gasteiger partial charge in [-0.15, -0.1) is 0 Å². The fourth-order valence-electron chi connectivity index (χ4n) is 2.40. The lowest BCUT2D eigenvalue weighted by Crippen LogP contribution is -2.42. The molecule has 0 heterocycles. The van der Waals surface area contributed by atoms with E-state index < -0.39 is 39.3 Å². The molecule has 11 heteroatoms.